The van der Waals surface area contributed by atoms with Gasteiger partial charge in [-0.2, -0.15) is 0 Å². The summed E-state index contributed by atoms with van der Waals surface area (Å²) < 4.78 is 5.04. The molecular weight excluding hydrogens is 280 g/mol. The van der Waals surface area contributed by atoms with Crippen molar-refractivity contribution in [3.63, 3.8) is 0 Å². The highest BCUT2D eigenvalue weighted by atomic mass is 35.5. The van der Waals surface area contributed by atoms with Gasteiger partial charge in [-0.1, -0.05) is 11.6 Å². The Morgan fingerprint density at radius 1 is 1.50 bits per heavy atom. The summed E-state index contributed by atoms with van der Waals surface area (Å²) in [7, 11) is 0. The van der Waals surface area contributed by atoms with Gasteiger partial charge in [-0.3, -0.25) is 4.79 Å². The van der Waals surface area contributed by atoms with Gasteiger partial charge >= 0.3 is 5.97 Å². The van der Waals surface area contributed by atoms with Gasteiger partial charge in [0.2, 0.25) is 0 Å². The first kappa shape index (κ1) is 13.3. The molecule has 1 saturated heterocycles. The highest BCUT2D eigenvalue weighted by molar-refractivity contribution is 6.33. The standard InChI is InChI=1S/C13H15ClN4O2/c1-7(19)20-5-8-2-3-10(18-8)9-4-15-12-11(9)16-6-17-13(12)14/h4,6,8,10,15,18H,2-3,5H2,1H3/t8-,10+/m0/s1. The molecule has 0 aromatic carbocycles. The number of aromatic amines is 1. The Morgan fingerprint density at radius 2 is 2.35 bits per heavy atom. The smallest absolute Gasteiger partial charge is 0.302 e. The summed E-state index contributed by atoms with van der Waals surface area (Å²) >= 11 is 6.03. The van der Waals surface area contributed by atoms with Crippen LogP contribution >= 0.6 is 11.6 Å². The van der Waals surface area contributed by atoms with Gasteiger partial charge in [0.25, 0.3) is 0 Å². The second kappa shape index (κ2) is 5.38. The van der Waals surface area contributed by atoms with E-state index in [1.807, 2.05) is 6.20 Å². The molecular formula is C13H15ClN4O2. The predicted molar refractivity (Wildman–Crippen MR) is 74.4 cm³/mol. The number of aromatic nitrogens is 3. The Hall–Kier alpha value is -1.66. The fraction of sp³-hybridized carbons (Fsp3) is 0.462. The Labute approximate surface area is 120 Å². The molecule has 2 atom stereocenters. The Bertz CT molecular complexity index is 642. The molecule has 0 unspecified atom stereocenters. The molecule has 0 aliphatic carbocycles. The molecule has 106 valence electrons. The van der Waals surface area contributed by atoms with Crippen LogP contribution in [0, 0.1) is 0 Å². The SMILES string of the molecule is CC(=O)OC[C@@H]1CC[C@H](c2c[nH]c3c(Cl)ncnc23)N1. The number of nitrogens with zero attached hydrogens (tertiary/aromatic N) is 2. The van der Waals surface area contributed by atoms with Crippen LogP contribution in [0.15, 0.2) is 12.5 Å². The van der Waals surface area contributed by atoms with E-state index >= 15 is 0 Å². The molecule has 0 amide bonds. The molecule has 1 aliphatic rings. The topological polar surface area (TPSA) is 79.9 Å². The summed E-state index contributed by atoms with van der Waals surface area (Å²) in [6.45, 7) is 1.83. The molecule has 0 spiro atoms. The molecule has 2 aromatic rings. The van der Waals surface area contributed by atoms with E-state index in [1.54, 1.807) is 0 Å². The number of fused-ring (bicyclic) bond motifs is 1. The van der Waals surface area contributed by atoms with Crippen LogP contribution in [0.4, 0.5) is 0 Å². The van der Waals surface area contributed by atoms with Crippen molar-refractivity contribution in [3.8, 4) is 0 Å². The molecule has 0 radical (unpaired) electrons. The number of esters is 1. The summed E-state index contributed by atoms with van der Waals surface area (Å²) in [5, 5.41) is 3.89. The number of nitrogens with one attached hydrogen (secondary N) is 2. The van der Waals surface area contributed by atoms with Crippen molar-refractivity contribution in [1.82, 2.24) is 20.3 Å². The van der Waals surface area contributed by atoms with Crippen LogP contribution in [0.3, 0.4) is 0 Å². The molecule has 7 heteroatoms. The van der Waals surface area contributed by atoms with Crippen LogP contribution in [-0.4, -0.2) is 33.6 Å². The van der Waals surface area contributed by atoms with Crippen molar-refractivity contribution in [2.45, 2.75) is 31.8 Å². The molecule has 0 bridgehead atoms. The third-order valence-electron chi connectivity index (χ3n) is 3.55. The summed E-state index contributed by atoms with van der Waals surface area (Å²) in [5.74, 6) is -0.248. The van der Waals surface area contributed by atoms with Crippen molar-refractivity contribution in [1.29, 1.82) is 0 Å². The van der Waals surface area contributed by atoms with Crippen LogP contribution in [0.25, 0.3) is 11.0 Å². The molecule has 2 aromatic heterocycles. The molecule has 1 aliphatic heterocycles. The summed E-state index contributed by atoms with van der Waals surface area (Å²) in [5.41, 5.74) is 2.68. The van der Waals surface area contributed by atoms with Gasteiger partial charge in [0.1, 0.15) is 18.5 Å². The average Bonchev–Trinajstić information content (AvgIpc) is 3.02. The largest absolute Gasteiger partial charge is 0.464 e. The number of H-pyrrole nitrogens is 1. The van der Waals surface area contributed by atoms with E-state index < -0.39 is 0 Å². The van der Waals surface area contributed by atoms with Crippen LogP contribution in [0.5, 0.6) is 0 Å². The predicted octanol–water partition coefficient (Wildman–Crippen LogP) is 1.97. The fourth-order valence-electron chi connectivity index (χ4n) is 2.61. The highest BCUT2D eigenvalue weighted by Crippen LogP contribution is 2.32. The van der Waals surface area contributed by atoms with Gasteiger partial charge in [-0.05, 0) is 12.8 Å². The number of ether oxygens (including phenoxy) is 1. The van der Waals surface area contributed by atoms with E-state index in [1.165, 1.54) is 13.3 Å². The van der Waals surface area contributed by atoms with Crippen molar-refractivity contribution in [2.24, 2.45) is 0 Å². The van der Waals surface area contributed by atoms with Gasteiger partial charge < -0.3 is 15.0 Å². The monoisotopic (exact) mass is 294 g/mol. The minimum Gasteiger partial charge on any atom is -0.464 e. The van der Waals surface area contributed by atoms with E-state index in [4.69, 9.17) is 16.3 Å². The van der Waals surface area contributed by atoms with Gasteiger partial charge in [0, 0.05) is 30.8 Å². The first-order valence-corrected chi connectivity index (χ1v) is 6.90. The lowest BCUT2D eigenvalue weighted by Gasteiger charge is -2.13. The first-order valence-electron chi connectivity index (χ1n) is 6.52. The zero-order chi connectivity index (χ0) is 14.1. The number of rotatable bonds is 3. The second-order valence-electron chi connectivity index (χ2n) is 4.93. The minimum absolute atomic E-state index is 0.186. The van der Waals surface area contributed by atoms with Crippen LogP contribution in [0.2, 0.25) is 5.15 Å². The third-order valence-corrected chi connectivity index (χ3v) is 3.84. The highest BCUT2D eigenvalue weighted by Gasteiger charge is 2.28. The summed E-state index contributed by atoms with van der Waals surface area (Å²) in [6.07, 6.45) is 5.31. The van der Waals surface area contributed by atoms with Crippen LogP contribution in [0.1, 0.15) is 31.4 Å². The maximum atomic E-state index is 10.8. The van der Waals surface area contributed by atoms with Gasteiger partial charge in [-0.25, -0.2) is 9.97 Å². The van der Waals surface area contributed by atoms with E-state index in [2.05, 4.69) is 20.3 Å². The zero-order valence-corrected chi connectivity index (χ0v) is 11.8. The van der Waals surface area contributed by atoms with Crippen molar-refractivity contribution in [2.75, 3.05) is 6.61 Å². The Balaban J connectivity index is 1.76. The number of hydrogen-bond donors (Lipinski definition) is 2. The molecule has 1 fully saturated rings. The maximum absolute atomic E-state index is 10.8. The minimum atomic E-state index is -0.248. The third kappa shape index (κ3) is 2.48. The lowest BCUT2D eigenvalue weighted by molar-refractivity contribution is -0.141. The number of halogens is 1. The number of carbonyl (C=O) groups excluding carboxylic acids is 1. The average molecular weight is 295 g/mol. The van der Waals surface area contributed by atoms with Crippen molar-refractivity contribution < 1.29 is 9.53 Å². The lowest BCUT2D eigenvalue weighted by atomic mass is 10.1. The van der Waals surface area contributed by atoms with Crippen LogP contribution in [-0.2, 0) is 9.53 Å². The number of hydrogen-bond acceptors (Lipinski definition) is 5. The molecule has 3 heterocycles. The molecule has 3 rings (SSSR count). The summed E-state index contributed by atoms with van der Waals surface area (Å²) in [4.78, 5) is 22.2. The normalized spacial score (nSPS) is 22.3. The van der Waals surface area contributed by atoms with Crippen molar-refractivity contribution >= 4 is 28.6 Å². The Kier molecular flexibility index (Phi) is 3.58. The van der Waals surface area contributed by atoms with E-state index in [0.29, 0.717) is 11.8 Å². The number of carbonyl (C=O) groups is 1. The Morgan fingerprint density at radius 3 is 3.15 bits per heavy atom. The second-order valence-corrected chi connectivity index (χ2v) is 5.29. The van der Waals surface area contributed by atoms with Crippen LogP contribution < -0.4 is 5.32 Å². The maximum Gasteiger partial charge on any atom is 0.302 e. The van der Waals surface area contributed by atoms with Gasteiger partial charge in [0.15, 0.2) is 5.15 Å². The summed E-state index contributed by atoms with van der Waals surface area (Å²) in [6, 6.07) is 0.376. The van der Waals surface area contributed by atoms with Crippen molar-refractivity contribution in [3.05, 3.63) is 23.2 Å². The quantitative estimate of drug-likeness (QED) is 0.668. The van der Waals surface area contributed by atoms with E-state index in [9.17, 15) is 4.79 Å². The lowest BCUT2D eigenvalue weighted by Crippen LogP contribution is -2.29. The van der Waals surface area contributed by atoms with Gasteiger partial charge in [-0.15, -0.1) is 0 Å². The molecule has 20 heavy (non-hydrogen) atoms. The first-order chi connectivity index (χ1) is 9.65. The molecule has 2 N–H and O–H groups in total. The van der Waals surface area contributed by atoms with E-state index in [-0.39, 0.29) is 18.1 Å². The fourth-order valence-corrected chi connectivity index (χ4v) is 2.80. The van der Waals surface area contributed by atoms with Gasteiger partial charge in [0.05, 0.1) is 5.52 Å². The zero-order valence-electron chi connectivity index (χ0n) is 11.0. The molecule has 6 nitrogen and oxygen atoms in total. The van der Waals surface area contributed by atoms with E-state index in [0.717, 1.165) is 29.4 Å². The molecule has 0 saturated carbocycles.